The third-order valence-electron chi connectivity index (χ3n) is 5.20. The van der Waals surface area contributed by atoms with Gasteiger partial charge in [-0.05, 0) is 52.3 Å². The molecule has 1 amide bonds. The summed E-state index contributed by atoms with van der Waals surface area (Å²) >= 11 is 0. The summed E-state index contributed by atoms with van der Waals surface area (Å²) in [5.41, 5.74) is -6.53. The Labute approximate surface area is 188 Å². The predicted octanol–water partition coefficient (Wildman–Crippen LogP) is 5.48. The molecule has 1 aromatic carbocycles. The molecule has 1 aromatic rings. The van der Waals surface area contributed by atoms with E-state index in [1.54, 1.807) is 39.5 Å². The molecule has 186 valence electrons. The molecule has 11 heteroatoms. The first-order valence-corrected chi connectivity index (χ1v) is 10.3. The fourth-order valence-corrected chi connectivity index (χ4v) is 3.65. The number of nitrogens with zero attached hydrogens (tertiary/aromatic N) is 2. The summed E-state index contributed by atoms with van der Waals surface area (Å²) in [5, 5.41) is 9.74. The Balaban J connectivity index is 2.41. The van der Waals surface area contributed by atoms with E-state index in [4.69, 9.17) is 4.74 Å². The highest BCUT2D eigenvalue weighted by atomic mass is 19.4. The number of benzene rings is 1. The van der Waals surface area contributed by atoms with Gasteiger partial charge in [0.2, 0.25) is 0 Å². The summed E-state index contributed by atoms with van der Waals surface area (Å²) in [6, 6.07) is 2.16. The Morgan fingerprint density at radius 3 is 2.12 bits per heavy atom. The van der Waals surface area contributed by atoms with Crippen LogP contribution >= 0.6 is 0 Å². The normalized spacial score (nSPS) is 18.7. The van der Waals surface area contributed by atoms with E-state index in [9.17, 15) is 36.2 Å². The van der Waals surface area contributed by atoms with Crippen molar-refractivity contribution in [2.75, 3.05) is 24.5 Å². The number of piperazine rings is 1. The number of allylic oxidation sites excluding steroid dienone is 1. The molecule has 1 heterocycles. The second-order valence-corrected chi connectivity index (χ2v) is 8.95. The molecule has 2 rings (SSSR count). The zero-order chi connectivity index (χ0) is 25.4. The van der Waals surface area contributed by atoms with E-state index < -0.39 is 35.2 Å². The fourth-order valence-electron chi connectivity index (χ4n) is 3.65. The van der Waals surface area contributed by atoms with E-state index in [1.807, 2.05) is 0 Å². The number of carbonyl (C=O) groups is 1. The van der Waals surface area contributed by atoms with E-state index in [0.717, 1.165) is 6.07 Å². The molecule has 0 aliphatic carbocycles. The van der Waals surface area contributed by atoms with Crippen LogP contribution in [0.4, 0.5) is 36.8 Å². The van der Waals surface area contributed by atoms with E-state index in [1.165, 1.54) is 17.1 Å². The Morgan fingerprint density at radius 1 is 1.09 bits per heavy atom. The summed E-state index contributed by atoms with van der Waals surface area (Å²) in [7, 11) is 0. The molecule has 0 bridgehead atoms. The Morgan fingerprint density at radius 2 is 1.67 bits per heavy atom. The molecule has 0 saturated carbocycles. The van der Waals surface area contributed by atoms with Crippen LogP contribution in [-0.4, -0.2) is 59.7 Å². The molecule has 1 atom stereocenters. The van der Waals surface area contributed by atoms with Crippen LogP contribution in [0.3, 0.4) is 0 Å². The van der Waals surface area contributed by atoms with Crippen LogP contribution in [0.1, 0.15) is 45.7 Å². The zero-order valence-corrected chi connectivity index (χ0v) is 19.0. The lowest BCUT2D eigenvalue weighted by Crippen LogP contribution is -2.55. The topological polar surface area (TPSA) is 53.0 Å². The third-order valence-corrected chi connectivity index (χ3v) is 5.20. The van der Waals surface area contributed by atoms with Crippen LogP contribution in [0.15, 0.2) is 24.3 Å². The molecular formula is C22H28F6N2O3. The smallest absolute Gasteiger partial charge is 0.430 e. The number of alkyl halides is 6. The second kappa shape index (κ2) is 9.08. The first-order chi connectivity index (χ1) is 14.9. The van der Waals surface area contributed by atoms with Gasteiger partial charge in [-0.15, -0.1) is 0 Å². The summed E-state index contributed by atoms with van der Waals surface area (Å²) in [6.07, 6.45) is -9.58. The van der Waals surface area contributed by atoms with Gasteiger partial charge in [-0.25, -0.2) is 4.79 Å². The number of rotatable bonds is 3. The minimum absolute atomic E-state index is 0.0829. The lowest BCUT2D eigenvalue weighted by molar-refractivity contribution is -0.376. The number of hydrogen-bond acceptors (Lipinski definition) is 4. The number of carbonyl (C=O) groups excluding carboxylic acids is 1. The van der Waals surface area contributed by atoms with Crippen molar-refractivity contribution in [2.45, 2.75) is 64.2 Å². The van der Waals surface area contributed by atoms with Crippen LogP contribution in [0.25, 0.3) is 6.08 Å². The molecule has 1 aliphatic heterocycles. The SMILES string of the molecule is CC=Cc1cc(C(O)(C(F)(F)F)C(F)(F)F)ccc1N1CCN(C(=O)OC(C)(C)C)CC1C. The summed E-state index contributed by atoms with van der Waals surface area (Å²) < 4.78 is 85.2. The van der Waals surface area contributed by atoms with Gasteiger partial charge in [-0.1, -0.05) is 18.2 Å². The average molecular weight is 482 g/mol. The third kappa shape index (κ3) is 5.56. The fraction of sp³-hybridized carbons (Fsp3) is 0.591. The first-order valence-electron chi connectivity index (χ1n) is 10.3. The highest BCUT2D eigenvalue weighted by Gasteiger charge is 2.71. The Bertz CT molecular complexity index is 876. The van der Waals surface area contributed by atoms with Crippen LogP contribution in [0, 0.1) is 0 Å². The van der Waals surface area contributed by atoms with E-state index >= 15 is 0 Å². The second-order valence-electron chi connectivity index (χ2n) is 8.95. The number of hydrogen-bond donors (Lipinski definition) is 1. The van der Waals surface area contributed by atoms with E-state index in [2.05, 4.69) is 0 Å². The van der Waals surface area contributed by atoms with Gasteiger partial charge in [0.25, 0.3) is 5.60 Å². The Kier molecular flexibility index (Phi) is 7.38. The predicted molar refractivity (Wildman–Crippen MR) is 112 cm³/mol. The average Bonchev–Trinajstić information content (AvgIpc) is 2.64. The van der Waals surface area contributed by atoms with Gasteiger partial charge < -0.3 is 19.6 Å². The quantitative estimate of drug-likeness (QED) is 0.580. The van der Waals surface area contributed by atoms with Crippen LogP contribution < -0.4 is 4.90 Å². The van der Waals surface area contributed by atoms with Gasteiger partial charge in [0.05, 0.1) is 0 Å². The van der Waals surface area contributed by atoms with Crippen molar-refractivity contribution in [3.8, 4) is 0 Å². The number of ether oxygens (including phenoxy) is 1. The standard InChI is InChI=1S/C22H28F6N2O3/c1-6-7-15-12-16(20(32,21(23,24)25)22(26,27)28)8-9-17(15)30-11-10-29(13-14(30)2)18(31)33-19(3,4)5/h6-9,12,14,32H,10-11,13H2,1-5H3. The minimum Gasteiger partial charge on any atom is -0.444 e. The highest BCUT2D eigenvalue weighted by Crippen LogP contribution is 2.50. The van der Waals surface area contributed by atoms with Gasteiger partial charge in [0.1, 0.15) is 5.60 Å². The maximum absolute atomic E-state index is 13.3. The summed E-state index contributed by atoms with van der Waals surface area (Å²) in [5.74, 6) is 0. The van der Waals surface area contributed by atoms with Crippen LogP contribution in [0.5, 0.6) is 0 Å². The maximum Gasteiger partial charge on any atom is 0.430 e. The van der Waals surface area contributed by atoms with Crippen molar-refractivity contribution in [1.29, 1.82) is 0 Å². The highest BCUT2D eigenvalue weighted by molar-refractivity contribution is 5.71. The van der Waals surface area contributed by atoms with Gasteiger partial charge in [0.15, 0.2) is 0 Å². The number of aliphatic hydroxyl groups is 1. The van der Waals surface area contributed by atoms with Gasteiger partial charge in [-0.2, -0.15) is 26.3 Å². The number of anilines is 1. The molecule has 1 saturated heterocycles. The zero-order valence-electron chi connectivity index (χ0n) is 19.0. The largest absolute Gasteiger partial charge is 0.444 e. The first kappa shape index (κ1) is 26.8. The molecule has 1 unspecified atom stereocenters. The lowest BCUT2D eigenvalue weighted by Gasteiger charge is -2.42. The maximum atomic E-state index is 13.3. The van der Waals surface area contributed by atoms with Crippen molar-refractivity contribution >= 4 is 17.9 Å². The summed E-state index contributed by atoms with van der Waals surface area (Å²) in [6.45, 7) is 9.35. The van der Waals surface area contributed by atoms with E-state index in [0.29, 0.717) is 17.8 Å². The molecule has 5 nitrogen and oxygen atoms in total. The molecule has 0 aromatic heterocycles. The van der Waals surface area contributed by atoms with Crippen molar-refractivity contribution in [3.05, 3.63) is 35.4 Å². The van der Waals surface area contributed by atoms with E-state index in [-0.39, 0.29) is 31.2 Å². The molecule has 0 spiro atoms. The number of amides is 1. The van der Waals surface area contributed by atoms with Crippen molar-refractivity contribution in [1.82, 2.24) is 4.90 Å². The Hall–Kier alpha value is -2.43. The van der Waals surface area contributed by atoms with Crippen molar-refractivity contribution in [3.63, 3.8) is 0 Å². The summed E-state index contributed by atoms with van der Waals surface area (Å²) in [4.78, 5) is 15.6. The molecule has 33 heavy (non-hydrogen) atoms. The van der Waals surface area contributed by atoms with Crippen molar-refractivity contribution in [2.24, 2.45) is 0 Å². The van der Waals surface area contributed by atoms with Gasteiger partial charge in [0, 0.05) is 36.9 Å². The molecule has 1 aliphatic rings. The number of halogens is 6. The van der Waals surface area contributed by atoms with Crippen LogP contribution in [0.2, 0.25) is 0 Å². The molecule has 0 radical (unpaired) electrons. The molecule has 1 N–H and O–H groups in total. The molecule has 1 fully saturated rings. The lowest BCUT2D eigenvalue weighted by atomic mass is 9.90. The monoisotopic (exact) mass is 482 g/mol. The van der Waals surface area contributed by atoms with Gasteiger partial charge in [-0.3, -0.25) is 0 Å². The van der Waals surface area contributed by atoms with Crippen LogP contribution in [-0.2, 0) is 10.3 Å². The minimum atomic E-state index is -5.97. The van der Waals surface area contributed by atoms with Gasteiger partial charge >= 0.3 is 18.4 Å². The molecular weight excluding hydrogens is 454 g/mol. The van der Waals surface area contributed by atoms with Crippen molar-refractivity contribution < 1.29 is 41.0 Å².